The number of esters is 1. The van der Waals surface area contributed by atoms with Crippen molar-refractivity contribution in [3.05, 3.63) is 6.07 Å². The highest BCUT2D eigenvalue weighted by Gasteiger charge is 2.23. The Morgan fingerprint density at radius 2 is 1.95 bits per heavy atom. The van der Waals surface area contributed by atoms with E-state index in [1.54, 1.807) is 20.8 Å². The molecule has 0 radical (unpaired) electrons. The van der Waals surface area contributed by atoms with Crippen LogP contribution in [0.2, 0.25) is 0 Å². The number of amides is 1. The average molecular weight is 286 g/mol. The zero-order valence-electron chi connectivity index (χ0n) is 11.7. The predicted molar refractivity (Wildman–Crippen MR) is 68.6 cm³/mol. The van der Waals surface area contributed by atoms with Crippen LogP contribution in [0.4, 0.5) is 4.79 Å². The third-order valence-corrected chi connectivity index (χ3v) is 2.05. The van der Waals surface area contributed by atoms with Crippen molar-refractivity contribution >= 4 is 12.1 Å². The van der Waals surface area contributed by atoms with Gasteiger partial charge in [-0.05, 0) is 27.7 Å². The van der Waals surface area contributed by atoms with Gasteiger partial charge in [-0.25, -0.2) is 9.59 Å². The highest BCUT2D eigenvalue weighted by atomic mass is 16.6. The normalized spacial score (nSPS) is 12.6. The van der Waals surface area contributed by atoms with E-state index in [4.69, 9.17) is 14.6 Å². The standard InChI is InChI=1S/C12H18N2O6/c1-6(13-11(18)20-12(2,3)4)10(17)19-7-5-8(15)14-9(7)16/h5-6,14-16H,1-4H3,(H,13,18)/t6-/m0/s1. The fraction of sp³-hybridized carbons (Fsp3) is 0.500. The fourth-order valence-electron chi connectivity index (χ4n) is 1.23. The van der Waals surface area contributed by atoms with E-state index < -0.39 is 29.6 Å². The summed E-state index contributed by atoms with van der Waals surface area (Å²) >= 11 is 0. The summed E-state index contributed by atoms with van der Waals surface area (Å²) in [5, 5.41) is 20.6. The van der Waals surface area contributed by atoms with Crippen LogP contribution in [0.25, 0.3) is 0 Å². The van der Waals surface area contributed by atoms with Gasteiger partial charge in [0.25, 0.3) is 0 Å². The minimum absolute atomic E-state index is 0.231. The summed E-state index contributed by atoms with van der Waals surface area (Å²) in [5.41, 5.74) is -0.682. The van der Waals surface area contributed by atoms with Crippen LogP contribution >= 0.6 is 0 Å². The summed E-state index contributed by atoms with van der Waals surface area (Å²) in [6.45, 7) is 6.47. The van der Waals surface area contributed by atoms with Crippen LogP contribution in [0, 0.1) is 0 Å². The molecule has 1 aromatic heterocycles. The molecule has 0 aromatic carbocycles. The third kappa shape index (κ3) is 4.71. The summed E-state index contributed by atoms with van der Waals surface area (Å²) < 4.78 is 9.79. The van der Waals surface area contributed by atoms with Gasteiger partial charge in [-0.15, -0.1) is 0 Å². The molecule has 1 aromatic rings. The molecular formula is C12H18N2O6. The van der Waals surface area contributed by atoms with Crippen molar-refractivity contribution in [2.24, 2.45) is 0 Å². The van der Waals surface area contributed by atoms with Gasteiger partial charge >= 0.3 is 12.1 Å². The Labute approximate surface area is 115 Å². The molecule has 0 saturated carbocycles. The van der Waals surface area contributed by atoms with Crippen molar-refractivity contribution in [2.75, 3.05) is 0 Å². The van der Waals surface area contributed by atoms with E-state index in [0.717, 1.165) is 6.07 Å². The molecule has 112 valence electrons. The summed E-state index contributed by atoms with van der Waals surface area (Å²) in [4.78, 5) is 25.3. The van der Waals surface area contributed by atoms with Crippen LogP contribution in [0.3, 0.4) is 0 Å². The minimum Gasteiger partial charge on any atom is -0.494 e. The topological polar surface area (TPSA) is 121 Å². The molecule has 1 rings (SSSR count). The van der Waals surface area contributed by atoms with E-state index >= 15 is 0 Å². The molecule has 4 N–H and O–H groups in total. The molecule has 0 bridgehead atoms. The third-order valence-electron chi connectivity index (χ3n) is 2.05. The molecule has 8 nitrogen and oxygen atoms in total. The molecule has 0 fully saturated rings. The number of H-pyrrole nitrogens is 1. The Hall–Kier alpha value is -2.38. The molecule has 1 amide bonds. The van der Waals surface area contributed by atoms with Crippen molar-refractivity contribution in [3.8, 4) is 17.5 Å². The van der Waals surface area contributed by atoms with E-state index in [1.165, 1.54) is 6.92 Å². The van der Waals surface area contributed by atoms with Gasteiger partial charge in [0.15, 0.2) is 11.6 Å². The van der Waals surface area contributed by atoms with Gasteiger partial charge in [-0.3, -0.25) is 4.98 Å². The lowest BCUT2D eigenvalue weighted by Crippen LogP contribution is -2.43. The number of nitrogens with one attached hydrogen (secondary N) is 2. The molecule has 8 heteroatoms. The van der Waals surface area contributed by atoms with Crippen LogP contribution < -0.4 is 10.1 Å². The molecule has 0 aliphatic carbocycles. The maximum Gasteiger partial charge on any atom is 0.408 e. The Morgan fingerprint density at radius 3 is 2.40 bits per heavy atom. The molecule has 1 atom stereocenters. The maximum atomic E-state index is 11.7. The lowest BCUT2D eigenvalue weighted by molar-refractivity contribution is -0.136. The zero-order chi connectivity index (χ0) is 15.5. The number of hydrogen-bond donors (Lipinski definition) is 4. The van der Waals surface area contributed by atoms with Crippen LogP contribution in [0.1, 0.15) is 27.7 Å². The average Bonchev–Trinajstić information content (AvgIpc) is 2.54. The molecule has 20 heavy (non-hydrogen) atoms. The first-order chi connectivity index (χ1) is 9.08. The number of alkyl carbamates (subject to hydrolysis) is 1. The lowest BCUT2D eigenvalue weighted by atomic mass is 10.2. The Balaban J connectivity index is 2.55. The van der Waals surface area contributed by atoms with Gasteiger partial charge in [0, 0.05) is 6.07 Å². The second-order valence-corrected chi connectivity index (χ2v) is 5.16. The van der Waals surface area contributed by atoms with Crippen LogP contribution in [0.15, 0.2) is 6.07 Å². The largest absolute Gasteiger partial charge is 0.494 e. The van der Waals surface area contributed by atoms with E-state index in [9.17, 15) is 14.7 Å². The molecule has 0 unspecified atom stereocenters. The number of carbonyl (C=O) groups excluding carboxylic acids is 2. The van der Waals surface area contributed by atoms with Gasteiger partial charge in [0.1, 0.15) is 11.6 Å². The number of hydrogen-bond acceptors (Lipinski definition) is 6. The second kappa shape index (κ2) is 5.72. The Kier molecular flexibility index (Phi) is 4.49. The number of aromatic hydroxyl groups is 2. The monoisotopic (exact) mass is 286 g/mol. The van der Waals surface area contributed by atoms with Crippen LogP contribution in [-0.4, -0.2) is 38.9 Å². The van der Waals surface area contributed by atoms with Gasteiger partial charge in [-0.1, -0.05) is 0 Å². The first-order valence-corrected chi connectivity index (χ1v) is 5.90. The summed E-state index contributed by atoms with van der Waals surface area (Å²) in [5.74, 6) is -1.88. The smallest absolute Gasteiger partial charge is 0.408 e. The first-order valence-electron chi connectivity index (χ1n) is 5.90. The van der Waals surface area contributed by atoms with Crippen LogP contribution in [-0.2, 0) is 9.53 Å². The van der Waals surface area contributed by atoms with E-state index in [0.29, 0.717) is 0 Å². The van der Waals surface area contributed by atoms with Crippen molar-refractivity contribution < 1.29 is 29.3 Å². The van der Waals surface area contributed by atoms with Crippen LogP contribution in [0.5, 0.6) is 17.5 Å². The maximum absolute atomic E-state index is 11.7. The van der Waals surface area contributed by atoms with Crippen molar-refractivity contribution in [2.45, 2.75) is 39.3 Å². The number of carbonyl (C=O) groups is 2. The van der Waals surface area contributed by atoms with Gasteiger partial charge in [-0.2, -0.15) is 0 Å². The quantitative estimate of drug-likeness (QED) is 0.620. The van der Waals surface area contributed by atoms with Gasteiger partial charge in [0.05, 0.1) is 0 Å². The predicted octanol–water partition coefficient (Wildman–Crippen LogP) is 1.24. The van der Waals surface area contributed by atoms with Crippen molar-refractivity contribution in [1.82, 2.24) is 10.3 Å². The SMILES string of the molecule is C[C@H](NC(=O)OC(C)(C)C)C(=O)Oc1cc(O)[nH]c1O. The molecule has 0 aliphatic heterocycles. The number of ether oxygens (including phenoxy) is 2. The zero-order valence-corrected chi connectivity index (χ0v) is 11.7. The van der Waals surface area contributed by atoms with E-state index in [1.807, 2.05) is 0 Å². The Bertz CT molecular complexity index is 503. The highest BCUT2D eigenvalue weighted by Crippen LogP contribution is 2.29. The van der Waals surface area contributed by atoms with Crippen molar-refractivity contribution in [3.63, 3.8) is 0 Å². The number of aromatic nitrogens is 1. The van der Waals surface area contributed by atoms with E-state index in [-0.39, 0.29) is 11.6 Å². The summed E-state index contributed by atoms with van der Waals surface area (Å²) in [6, 6.07) is 0.0502. The lowest BCUT2D eigenvalue weighted by Gasteiger charge is -2.21. The molecule has 1 heterocycles. The summed E-state index contributed by atoms with van der Waals surface area (Å²) in [7, 11) is 0. The highest BCUT2D eigenvalue weighted by molar-refractivity contribution is 5.83. The molecule has 0 spiro atoms. The molecular weight excluding hydrogens is 268 g/mol. The Morgan fingerprint density at radius 1 is 1.35 bits per heavy atom. The number of aromatic amines is 1. The van der Waals surface area contributed by atoms with Gasteiger partial charge < -0.3 is 25.0 Å². The number of rotatable bonds is 3. The molecule has 0 aliphatic rings. The van der Waals surface area contributed by atoms with E-state index in [2.05, 4.69) is 10.3 Å². The molecule has 0 saturated heterocycles. The van der Waals surface area contributed by atoms with Crippen molar-refractivity contribution in [1.29, 1.82) is 0 Å². The minimum atomic E-state index is -0.985. The summed E-state index contributed by atoms with van der Waals surface area (Å²) in [6.07, 6.45) is -0.761. The first kappa shape index (κ1) is 15.7. The van der Waals surface area contributed by atoms with Gasteiger partial charge in [0.2, 0.25) is 5.88 Å². The second-order valence-electron chi connectivity index (χ2n) is 5.16. The fourth-order valence-corrected chi connectivity index (χ4v) is 1.23.